The summed E-state index contributed by atoms with van der Waals surface area (Å²) < 4.78 is 16.9. The van der Waals surface area contributed by atoms with Crippen LogP contribution in [0.15, 0.2) is 134 Å². The van der Waals surface area contributed by atoms with Gasteiger partial charge in [-0.05, 0) is 128 Å². The second-order valence-corrected chi connectivity index (χ2v) is 19.8. The van der Waals surface area contributed by atoms with Crippen molar-refractivity contribution in [2.24, 2.45) is 0 Å². The van der Waals surface area contributed by atoms with E-state index < -0.39 is 6.10 Å². The summed E-state index contributed by atoms with van der Waals surface area (Å²) in [6.45, 7) is 6.29. The number of rotatable bonds is 54. The highest BCUT2D eigenvalue weighted by Gasteiger charge is 2.19. The lowest BCUT2D eigenvalue weighted by atomic mass is 10.1. The van der Waals surface area contributed by atoms with E-state index in [9.17, 15) is 14.4 Å². The number of esters is 3. The molecule has 1 atom stereocenters. The average molecular weight is 1040 g/mol. The number of carbonyl (C=O) groups is 3. The first-order chi connectivity index (χ1) is 37.0. The van der Waals surface area contributed by atoms with Crippen molar-refractivity contribution in [2.45, 2.75) is 271 Å². The first-order valence-electron chi connectivity index (χ1n) is 30.7. The van der Waals surface area contributed by atoms with Gasteiger partial charge < -0.3 is 14.2 Å². The van der Waals surface area contributed by atoms with Gasteiger partial charge in [-0.2, -0.15) is 0 Å². The Kier molecular flexibility index (Phi) is 58.4. The topological polar surface area (TPSA) is 78.9 Å². The van der Waals surface area contributed by atoms with Gasteiger partial charge in [-0.1, -0.05) is 251 Å². The molecule has 0 bridgehead atoms. The van der Waals surface area contributed by atoms with Gasteiger partial charge in [-0.3, -0.25) is 14.4 Å². The van der Waals surface area contributed by atoms with Gasteiger partial charge in [-0.25, -0.2) is 0 Å². The second-order valence-electron chi connectivity index (χ2n) is 19.8. The maximum absolute atomic E-state index is 12.9. The zero-order valence-corrected chi connectivity index (χ0v) is 48.5. The summed E-state index contributed by atoms with van der Waals surface area (Å²) in [6, 6.07) is 0. The summed E-state index contributed by atoms with van der Waals surface area (Å²) in [5.41, 5.74) is 0. The molecule has 0 amide bonds. The molecular formula is C69H112O6. The van der Waals surface area contributed by atoms with E-state index in [-0.39, 0.29) is 31.1 Å². The standard InChI is InChI=1S/C69H112O6/c1-4-7-10-13-16-19-22-25-28-31-32-33-34-35-36-39-41-44-47-50-53-56-59-62-68(71)74-65-66(75-69(72)63-60-57-54-51-48-45-42-38-30-27-24-21-18-15-12-9-6-3)64-73-67(70)61-58-55-52-49-46-43-40-37-29-26-23-20-17-14-11-8-5-2/h7-12,16-21,25-30,32-33,35-36,66H,4-6,13-15,22-24,31,34,37-65H2,1-3H3/b10-7-,11-8-,12-9-,19-16-,20-17-,21-18-,28-25-,29-26-,30-27-,33-32-,36-35-. The van der Waals surface area contributed by atoms with E-state index in [2.05, 4.69) is 154 Å². The lowest BCUT2D eigenvalue weighted by molar-refractivity contribution is -0.167. The van der Waals surface area contributed by atoms with Crippen LogP contribution in [0.1, 0.15) is 265 Å². The summed E-state index contributed by atoms with van der Waals surface area (Å²) in [4.78, 5) is 38.3. The van der Waals surface area contributed by atoms with Gasteiger partial charge in [0.05, 0.1) is 0 Å². The van der Waals surface area contributed by atoms with Gasteiger partial charge in [0.1, 0.15) is 13.2 Å². The molecule has 0 aromatic heterocycles. The van der Waals surface area contributed by atoms with Crippen LogP contribution in [-0.2, 0) is 28.6 Å². The van der Waals surface area contributed by atoms with Gasteiger partial charge in [-0.15, -0.1) is 0 Å². The molecule has 0 N–H and O–H groups in total. The Morgan fingerprint density at radius 2 is 0.480 bits per heavy atom. The Balaban J connectivity index is 4.44. The number of ether oxygens (including phenoxy) is 3. The predicted molar refractivity (Wildman–Crippen MR) is 325 cm³/mol. The van der Waals surface area contributed by atoms with Crippen molar-refractivity contribution in [1.29, 1.82) is 0 Å². The van der Waals surface area contributed by atoms with Crippen molar-refractivity contribution in [1.82, 2.24) is 0 Å². The minimum Gasteiger partial charge on any atom is -0.462 e. The third-order valence-corrected chi connectivity index (χ3v) is 12.6. The van der Waals surface area contributed by atoms with Crippen molar-refractivity contribution in [2.75, 3.05) is 13.2 Å². The van der Waals surface area contributed by atoms with E-state index in [1.807, 2.05) is 0 Å². The molecule has 0 rings (SSSR count). The monoisotopic (exact) mass is 1040 g/mol. The molecule has 0 aliphatic rings. The number of allylic oxidation sites excluding steroid dienone is 22. The Morgan fingerprint density at radius 1 is 0.267 bits per heavy atom. The van der Waals surface area contributed by atoms with Crippen LogP contribution in [0.5, 0.6) is 0 Å². The van der Waals surface area contributed by atoms with Gasteiger partial charge in [0.15, 0.2) is 6.10 Å². The lowest BCUT2D eigenvalue weighted by Gasteiger charge is -2.18. The zero-order chi connectivity index (χ0) is 54.3. The highest BCUT2D eigenvalue weighted by Crippen LogP contribution is 2.15. The number of hydrogen-bond donors (Lipinski definition) is 0. The molecule has 0 saturated heterocycles. The second kappa shape index (κ2) is 62.1. The Labute approximate surface area is 462 Å². The van der Waals surface area contributed by atoms with E-state index in [4.69, 9.17) is 14.2 Å². The third-order valence-electron chi connectivity index (χ3n) is 12.6. The molecule has 75 heavy (non-hydrogen) atoms. The van der Waals surface area contributed by atoms with Crippen LogP contribution in [0.4, 0.5) is 0 Å². The molecule has 0 radical (unpaired) electrons. The molecule has 0 heterocycles. The summed E-state index contributed by atoms with van der Waals surface area (Å²) in [6.07, 6.45) is 87.3. The number of unbranched alkanes of at least 4 members (excludes halogenated alkanes) is 21. The van der Waals surface area contributed by atoms with Crippen LogP contribution >= 0.6 is 0 Å². The van der Waals surface area contributed by atoms with Crippen molar-refractivity contribution < 1.29 is 28.6 Å². The molecular weight excluding hydrogens is 925 g/mol. The first kappa shape index (κ1) is 70.5. The average Bonchev–Trinajstić information content (AvgIpc) is 3.41. The van der Waals surface area contributed by atoms with Gasteiger partial charge >= 0.3 is 17.9 Å². The van der Waals surface area contributed by atoms with Crippen LogP contribution in [0, 0.1) is 0 Å². The summed E-state index contributed by atoms with van der Waals surface area (Å²) in [5.74, 6) is -0.924. The summed E-state index contributed by atoms with van der Waals surface area (Å²) in [7, 11) is 0. The largest absolute Gasteiger partial charge is 0.462 e. The molecule has 0 spiro atoms. The van der Waals surface area contributed by atoms with E-state index in [1.54, 1.807) is 0 Å². The fourth-order valence-corrected chi connectivity index (χ4v) is 8.15. The SMILES string of the molecule is CC/C=C\C/C=C\C/C=C\C/C=C\C/C=C\CCCCCCCCCC(=O)OCC(COC(=O)CCCCCCCCC/C=C\C/C=C\C/C=C\CC)OC(=O)CCCCCCCCC/C=C\C/C=C\C/C=C\CC. The van der Waals surface area contributed by atoms with Crippen LogP contribution in [0.2, 0.25) is 0 Å². The maximum atomic E-state index is 12.9. The van der Waals surface area contributed by atoms with Gasteiger partial charge in [0.2, 0.25) is 0 Å². The van der Waals surface area contributed by atoms with Gasteiger partial charge in [0, 0.05) is 19.3 Å². The van der Waals surface area contributed by atoms with Crippen LogP contribution in [-0.4, -0.2) is 37.2 Å². The first-order valence-corrected chi connectivity index (χ1v) is 30.7. The Hall–Kier alpha value is -4.45. The van der Waals surface area contributed by atoms with Crippen LogP contribution in [0.3, 0.4) is 0 Å². The van der Waals surface area contributed by atoms with Crippen molar-refractivity contribution in [3.8, 4) is 0 Å². The number of carbonyl (C=O) groups excluding carboxylic acids is 3. The van der Waals surface area contributed by atoms with Crippen molar-refractivity contribution in [3.05, 3.63) is 134 Å². The molecule has 0 aromatic carbocycles. The lowest BCUT2D eigenvalue weighted by Crippen LogP contribution is -2.30. The smallest absolute Gasteiger partial charge is 0.306 e. The van der Waals surface area contributed by atoms with E-state index in [0.717, 1.165) is 148 Å². The molecule has 6 nitrogen and oxygen atoms in total. The molecule has 0 fully saturated rings. The summed E-state index contributed by atoms with van der Waals surface area (Å²) in [5, 5.41) is 0. The minimum absolute atomic E-state index is 0.0947. The molecule has 424 valence electrons. The van der Waals surface area contributed by atoms with E-state index >= 15 is 0 Å². The van der Waals surface area contributed by atoms with Crippen molar-refractivity contribution >= 4 is 17.9 Å². The molecule has 6 heteroatoms. The molecule has 0 aliphatic heterocycles. The van der Waals surface area contributed by atoms with Gasteiger partial charge in [0.25, 0.3) is 0 Å². The van der Waals surface area contributed by atoms with Crippen LogP contribution < -0.4 is 0 Å². The molecule has 0 aliphatic carbocycles. The highest BCUT2D eigenvalue weighted by molar-refractivity contribution is 5.71. The fraction of sp³-hybridized carbons (Fsp3) is 0.638. The fourth-order valence-electron chi connectivity index (χ4n) is 8.15. The normalized spacial score (nSPS) is 13.1. The third kappa shape index (κ3) is 60.3. The zero-order valence-electron chi connectivity index (χ0n) is 48.5. The summed E-state index contributed by atoms with van der Waals surface area (Å²) >= 11 is 0. The van der Waals surface area contributed by atoms with Crippen LogP contribution in [0.25, 0.3) is 0 Å². The van der Waals surface area contributed by atoms with Crippen molar-refractivity contribution in [3.63, 3.8) is 0 Å². The quantitative estimate of drug-likeness (QED) is 0.0261. The minimum atomic E-state index is -0.799. The maximum Gasteiger partial charge on any atom is 0.306 e. The molecule has 0 saturated carbocycles. The Morgan fingerprint density at radius 3 is 0.747 bits per heavy atom. The van der Waals surface area contributed by atoms with E-state index in [1.165, 1.54) is 77.0 Å². The Bertz CT molecular complexity index is 1620. The number of hydrogen-bond acceptors (Lipinski definition) is 6. The highest BCUT2D eigenvalue weighted by atomic mass is 16.6. The molecule has 1 unspecified atom stereocenters. The predicted octanol–water partition coefficient (Wildman–Crippen LogP) is 21.0. The van der Waals surface area contributed by atoms with E-state index in [0.29, 0.717) is 19.3 Å². The molecule has 0 aromatic rings.